The molecule has 1 heterocycles. The third-order valence-electron chi connectivity index (χ3n) is 7.06. The van der Waals surface area contributed by atoms with Gasteiger partial charge in [-0.2, -0.15) is 31.0 Å². The highest BCUT2D eigenvalue weighted by atomic mass is 19.4. The Hall–Kier alpha value is -6.45. The highest BCUT2D eigenvalue weighted by Crippen LogP contribution is 2.33. The second-order valence-corrected chi connectivity index (χ2v) is 11.8. The molecular weight excluding hydrogens is 767 g/mol. The number of hydrogen-bond acceptors (Lipinski definition) is 9. The molecule has 1 aromatic heterocycles. The van der Waals surface area contributed by atoms with E-state index in [9.17, 15) is 41.0 Å². The number of aryl methyl sites for hydroxylation is 1. The summed E-state index contributed by atoms with van der Waals surface area (Å²) in [5, 5.41) is 39.2. The molecule has 0 aliphatic carbocycles. The van der Waals surface area contributed by atoms with Crippen molar-refractivity contribution < 1.29 is 65.2 Å². The molecule has 4 rings (SSSR count). The van der Waals surface area contributed by atoms with Crippen LogP contribution in [-0.2, 0) is 16.0 Å². The van der Waals surface area contributed by atoms with E-state index in [1.807, 2.05) is 32.8 Å². The summed E-state index contributed by atoms with van der Waals surface area (Å²) in [6.45, 7) is 4.35. The molecule has 0 amide bonds. The molecule has 0 bridgehead atoms. The quantitative estimate of drug-likeness (QED) is 0.0567. The Kier molecular flexibility index (Phi) is 15.7. The fourth-order valence-corrected chi connectivity index (χ4v) is 4.63. The molecule has 15 nitrogen and oxygen atoms in total. The van der Waals surface area contributed by atoms with Crippen LogP contribution in [0.15, 0.2) is 65.5 Å². The predicted octanol–water partition coefficient (Wildman–Crippen LogP) is 5.04. The van der Waals surface area contributed by atoms with E-state index in [0.717, 1.165) is 10.2 Å². The van der Waals surface area contributed by atoms with E-state index < -0.39 is 47.8 Å². The molecule has 0 aliphatic heterocycles. The lowest BCUT2D eigenvalue weighted by atomic mass is 10.00. The largest absolute Gasteiger partial charge is 0.490 e. The number of carboxylic acids is 3. The number of aliphatic carboxylic acids is 2. The summed E-state index contributed by atoms with van der Waals surface area (Å²) in [6.07, 6.45) is -9.89. The minimum atomic E-state index is -5.08. The summed E-state index contributed by atoms with van der Waals surface area (Å²) in [5.41, 5.74) is 6.86. The number of nitrogens with two attached hydrogens (primary N) is 1. The first-order chi connectivity index (χ1) is 25.9. The number of aromatic amines is 1. The molecule has 0 saturated carbocycles. The number of H-pyrrole nitrogens is 1. The van der Waals surface area contributed by atoms with Crippen molar-refractivity contribution in [1.29, 1.82) is 5.41 Å². The Bertz CT molecular complexity index is 2040. The van der Waals surface area contributed by atoms with Crippen LogP contribution >= 0.6 is 0 Å². The number of halogens is 7. The maximum Gasteiger partial charge on any atom is 0.490 e. The number of alkyl halides is 6. The summed E-state index contributed by atoms with van der Waals surface area (Å²) in [5.74, 6) is -7.35. The Morgan fingerprint density at radius 1 is 0.982 bits per heavy atom. The molecule has 2 unspecified atom stereocenters. The van der Waals surface area contributed by atoms with Gasteiger partial charge < -0.3 is 36.0 Å². The monoisotopic (exact) mass is 803 g/mol. The first kappa shape index (κ1) is 45.7. The van der Waals surface area contributed by atoms with Crippen LogP contribution in [-0.4, -0.2) is 97.8 Å². The van der Waals surface area contributed by atoms with Crippen molar-refractivity contribution >= 4 is 29.4 Å². The number of benzene rings is 3. The molecule has 0 fully saturated rings. The lowest BCUT2D eigenvalue weighted by Gasteiger charge is -2.23. The van der Waals surface area contributed by atoms with Gasteiger partial charge in [0.1, 0.15) is 18.0 Å². The number of nitrogens with one attached hydrogen (secondary N) is 3. The number of nitrogens with zero attached hydrogens (tertiary/aromatic N) is 3. The third-order valence-corrected chi connectivity index (χ3v) is 7.06. The van der Waals surface area contributed by atoms with Crippen LogP contribution in [0.3, 0.4) is 0 Å². The van der Waals surface area contributed by atoms with Gasteiger partial charge >= 0.3 is 36.0 Å². The molecular formula is C34H36F7N7O8. The molecule has 0 spiro atoms. The fraction of sp³-hybridized carbons (Fsp3) is 0.294. The van der Waals surface area contributed by atoms with Gasteiger partial charge in [0.25, 0.3) is 0 Å². The van der Waals surface area contributed by atoms with Gasteiger partial charge in [0.05, 0.1) is 11.3 Å². The molecule has 0 aliphatic rings. The Morgan fingerprint density at radius 3 is 1.98 bits per heavy atom. The maximum atomic E-state index is 16.3. The Morgan fingerprint density at radius 2 is 1.52 bits per heavy atom. The minimum Gasteiger partial charge on any atom is -0.486 e. The highest BCUT2D eigenvalue weighted by Gasteiger charge is 2.39. The number of para-hydroxylation sites is 1. The molecule has 2 atom stereocenters. The van der Waals surface area contributed by atoms with Crippen molar-refractivity contribution in [2.75, 3.05) is 26.0 Å². The van der Waals surface area contributed by atoms with E-state index in [4.69, 9.17) is 35.7 Å². The van der Waals surface area contributed by atoms with Crippen LogP contribution in [0, 0.1) is 11.2 Å². The summed E-state index contributed by atoms with van der Waals surface area (Å²) in [7, 11) is 3.80. The Balaban J connectivity index is 0.000000657. The second kappa shape index (κ2) is 19.2. The highest BCUT2D eigenvalue weighted by molar-refractivity contribution is 5.95. The van der Waals surface area contributed by atoms with E-state index in [2.05, 4.69) is 15.4 Å². The minimum absolute atomic E-state index is 0.0512. The van der Waals surface area contributed by atoms with Crippen molar-refractivity contribution in [1.82, 2.24) is 19.7 Å². The fourth-order valence-electron chi connectivity index (χ4n) is 4.63. The molecule has 8 N–H and O–H groups in total. The summed E-state index contributed by atoms with van der Waals surface area (Å²) >= 11 is 0. The average Bonchev–Trinajstić information content (AvgIpc) is 3.48. The van der Waals surface area contributed by atoms with Crippen LogP contribution in [0.1, 0.15) is 52.8 Å². The standard InChI is InChI=1S/C30H34FN7O4.2C2HF3O2/c1-5-18-14-22(25(31)24(15-18)42-17(2)16-37(3)4)26(34-20-12-10-19(11-13-20)27(32)33)28-35-30(41)38(36-28)23-9-7-6-8-21(23)29(39)40;2*3-2(4,5)1(6)7/h6-15,17,26,34H,5,16H2,1-4H3,(H3,32,33)(H,39,40)(H,35,36,41);2*(H,6,7). The van der Waals surface area contributed by atoms with Gasteiger partial charge in [-0.25, -0.2) is 23.6 Å². The van der Waals surface area contributed by atoms with Crippen LogP contribution in [0.25, 0.3) is 5.69 Å². The number of ether oxygens (including phenoxy) is 1. The van der Waals surface area contributed by atoms with Gasteiger partial charge in [-0.3, -0.25) is 10.4 Å². The van der Waals surface area contributed by atoms with Crippen molar-refractivity contribution in [2.45, 2.75) is 44.8 Å². The zero-order valence-corrected chi connectivity index (χ0v) is 29.8. The first-order valence-electron chi connectivity index (χ1n) is 15.8. The molecule has 4 aromatic rings. The summed E-state index contributed by atoms with van der Waals surface area (Å²) in [6, 6.07) is 14.9. The van der Waals surface area contributed by atoms with Crippen molar-refractivity contribution in [3.63, 3.8) is 0 Å². The van der Waals surface area contributed by atoms with Crippen molar-refractivity contribution in [2.24, 2.45) is 5.73 Å². The van der Waals surface area contributed by atoms with Gasteiger partial charge in [-0.05, 0) is 75.5 Å². The predicted molar refractivity (Wildman–Crippen MR) is 186 cm³/mol. The lowest BCUT2D eigenvalue weighted by molar-refractivity contribution is -0.193. The number of carbonyl (C=O) groups is 3. The molecule has 304 valence electrons. The SMILES string of the molecule is CCc1cc(OC(C)CN(C)C)c(F)c(C(Nc2ccc(C(=N)N)cc2)c2nn(-c3ccccc3C(=O)O)c(=O)[nH]2)c1.O=C(O)C(F)(F)F.O=C(O)C(F)(F)F. The number of aromatic carboxylic acids is 1. The second-order valence-electron chi connectivity index (χ2n) is 11.8. The Labute approximate surface area is 312 Å². The topological polar surface area (TPSA) is 237 Å². The van der Waals surface area contributed by atoms with E-state index in [-0.39, 0.29) is 40.3 Å². The normalized spacial score (nSPS) is 12.3. The number of rotatable bonds is 12. The summed E-state index contributed by atoms with van der Waals surface area (Å²) < 4.78 is 86.7. The molecule has 22 heteroatoms. The van der Waals surface area contributed by atoms with Crippen molar-refractivity contribution in [3.8, 4) is 11.4 Å². The van der Waals surface area contributed by atoms with E-state index in [1.165, 1.54) is 12.1 Å². The molecule has 56 heavy (non-hydrogen) atoms. The van der Waals surface area contributed by atoms with Crippen LogP contribution < -0.4 is 21.5 Å². The van der Waals surface area contributed by atoms with Gasteiger partial charge in [0.15, 0.2) is 17.4 Å². The number of nitrogen functional groups attached to an aromatic ring is 1. The zero-order valence-electron chi connectivity index (χ0n) is 29.8. The van der Waals surface area contributed by atoms with Gasteiger partial charge in [-0.1, -0.05) is 25.1 Å². The van der Waals surface area contributed by atoms with Gasteiger partial charge in [-0.15, -0.1) is 5.10 Å². The number of amidine groups is 1. The van der Waals surface area contributed by atoms with E-state index >= 15 is 4.39 Å². The van der Waals surface area contributed by atoms with E-state index in [1.54, 1.807) is 48.5 Å². The average molecular weight is 804 g/mol. The number of carboxylic acid groups (broad SMARTS) is 3. The third kappa shape index (κ3) is 13.1. The molecule has 0 radical (unpaired) electrons. The van der Waals surface area contributed by atoms with Crippen LogP contribution in [0.2, 0.25) is 0 Å². The number of likely N-dealkylation sites (N-methyl/N-ethyl adjacent to an activating group) is 1. The molecule has 3 aromatic carbocycles. The first-order valence-corrected chi connectivity index (χ1v) is 15.8. The van der Waals surface area contributed by atoms with E-state index in [0.29, 0.717) is 24.2 Å². The number of aromatic nitrogens is 3. The van der Waals surface area contributed by atoms with Gasteiger partial charge in [0, 0.05) is 23.4 Å². The zero-order chi connectivity index (χ0) is 42.7. The number of hydrogen-bond donors (Lipinski definition) is 7. The van der Waals surface area contributed by atoms with Gasteiger partial charge in [0.2, 0.25) is 0 Å². The maximum absolute atomic E-state index is 16.3. The molecule has 0 saturated heterocycles. The smallest absolute Gasteiger partial charge is 0.486 e. The van der Waals surface area contributed by atoms with Crippen LogP contribution in [0.5, 0.6) is 5.75 Å². The number of anilines is 1. The lowest BCUT2D eigenvalue weighted by Crippen LogP contribution is -2.28. The van der Waals surface area contributed by atoms with Crippen LogP contribution in [0.4, 0.5) is 36.4 Å². The van der Waals surface area contributed by atoms with Crippen molar-refractivity contribution in [3.05, 3.63) is 105 Å². The summed E-state index contributed by atoms with van der Waals surface area (Å²) in [4.78, 5) is 47.4.